The van der Waals surface area contributed by atoms with Crippen LogP contribution in [0.5, 0.6) is 0 Å². The molecule has 0 heterocycles. The Balaban J connectivity index is 2.25. The molecule has 94 valence electrons. The molecule has 2 aromatic carbocycles. The number of amides is 1. The molecular weight excluding hydrogens is 238 g/mol. The molecule has 3 N–H and O–H groups in total. The molecule has 0 spiro atoms. The third-order valence-electron chi connectivity index (χ3n) is 2.74. The van der Waals surface area contributed by atoms with Gasteiger partial charge in [-0.3, -0.25) is 4.79 Å². The summed E-state index contributed by atoms with van der Waals surface area (Å²) in [5, 5.41) is 11.8. The van der Waals surface area contributed by atoms with Crippen molar-refractivity contribution in [2.75, 3.05) is 5.32 Å². The Labute approximate surface area is 111 Å². The van der Waals surface area contributed by atoms with Crippen molar-refractivity contribution in [1.82, 2.24) is 0 Å². The van der Waals surface area contributed by atoms with E-state index in [2.05, 4.69) is 5.32 Å². The minimum atomic E-state index is -0.616. The molecule has 0 fully saturated rings. The highest BCUT2D eigenvalue weighted by atomic mass is 16.1. The Morgan fingerprint density at radius 3 is 2.26 bits per heavy atom. The van der Waals surface area contributed by atoms with Crippen molar-refractivity contribution in [2.24, 2.45) is 5.73 Å². The van der Waals surface area contributed by atoms with E-state index in [1.54, 1.807) is 24.3 Å². The van der Waals surface area contributed by atoms with Crippen molar-refractivity contribution in [3.63, 3.8) is 0 Å². The predicted molar refractivity (Wildman–Crippen MR) is 73.2 cm³/mol. The quantitative estimate of drug-likeness (QED) is 0.874. The van der Waals surface area contributed by atoms with E-state index in [0.717, 1.165) is 11.3 Å². The summed E-state index contributed by atoms with van der Waals surface area (Å²) in [5.74, 6) is -0.464. The maximum atomic E-state index is 11.6. The molecule has 1 amide bonds. The fraction of sp³-hybridized carbons (Fsp3) is 0.0667. The van der Waals surface area contributed by atoms with Gasteiger partial charge in [0.15, 0.2) is 0 Å². The second-order valence-electron chi connectivity index (χ2n) is 4.08. The van der Waals surface area contributed by atoms with Crippen LogP contribution in [0.1, 0.15) is 17.2 Å². The van der Waals surface area contributed by atoms with E-state index in [1.165, 1.54) is 0 Å². The summed E-state index contributed by atoms with van der Waals surface area (Å²) in [6, 6.07) is 17.6. The molecule has 1 atom stereocenters. The number of nitrogens with one attached hydrogen (secondary N) is 1. The molecule has 0 saturated carbocycles. The molecule has 2 aromatic rings. The molecule has 0 bridgehead atoms. The Bertz CT molecular complexity index is 600. The minimum Gasteiger partial charge on any atom is -0.370 e. The van der Waals surface area contributed by atoms with Gasteiger partial charge in [-0.1, -0.05) is 30.3 Å². The van der Waals surface area contributed by atoms with Gasteiger partial charge in [-0.2, -0.15) is 5.26 Å². The molecular formula is C15H13N3O. The van der Waals surface area contributed by atoms with Crippen molar-refractivity contribution in [1.29, 1.82) is 5.26 Å². The summed E-state index contributed by atoms with van der Waals surface area (Å²) < 4.78 is 0. The number of nitriles is 1. The highest BCUT2D eigenvalue weighted by Gasteiger charge is 2.17. The van der Waals surface area contributed by atoms with Crippen LogP contribution >= 0.6 is 0 Å². The number of nitrogens with zero attached hydrogens (tertiary/aromatic N) is 1. The van der Waals surface area contributed by atoms with Gasteiger partial charge < -0.3 is 11.1 Å². The number of anilines is 1. The van der Waals surface area contributed by atoms with E-state index in [0.29, 0.717) is 5.56 Å². The summed E-state index contributed by atoms with van der Waals surface area (Å²) >= 11 is 0. The second-order valence-corrected chi connectivity index (χ2v) is 4.08. The van der Waals surface area contributed by atoms with Gasteiger partial charge in [-0.05, 0) is 29.8 Å². The SMILES string of the molecule is N#Cc1ccc(C(Nc2ccccc2)C(N)=O)cc1. The van der Waals surface area contributed by atoms with Gasteiger partial charge in [-0.15, -0.1) is 0 Å². The van der Waals surface area contributed by atoms with Crippen molar-refractivity contribution in [3.05, 3.63) is 65.7 Å². The van der Waals surface area contributed by atoms with Gasteiger partial charge in [0.25, 0.3) is 0 Å². The lowest BCUT2D eigenvalue weighted by Crippen LogP contribution is -2.27. The summed E-state index contributed by atoms with van der Waals surface area (Å²) in [7, 11) is 0. The number of primary amides is 1. The van der Waals surface area contributed by atoms with Gasteiger partial charge in [0.1, 0.15) is 6.04 Å². The Kier molecular flexibility index (Phi) is 3.79. The summed E-state index contributed by atoms with van der Waals surface area (Å²) in [4.78, 5) is 11.6. The van der Waals surface area contributed by atoms with Crippen LogP contribution < -0.4 is 11.1 Å². The number of hydrogen-bond acceptors (Lipinski definition) is 3. The van der Waals surface area contributed by atoms with Crippen LogP contribution in [0.4, 0.5) is 5.69 Å². The first kappa shape index (κ1) is 12.7. The number of rotatable bonds is 4. The van der Waals surface area contributed by atoms with E-state index < -0.39 is 11.9 Å². The van der Waals surface area contributed by atoms with E-state index in [9.17, 15) is 4.79 Å². The average Bonchev–Trinajstić information content (AvgIpc) is 2.46. The molecule has 4 nitrogen and oxygen atoms in total. The molecule has 19 heavy (non-hydrogen) atoms. The normalized spacial score (nSPS) is 11.3. The molecule has 0 aromatic heterocycles. The minimum absolute atomic E-state index is 0.464. The van der Waals surface area contributed by atoms with Crippen LogP contribution in [-0.2, 0) is 4.79 Å². The number of carbonyl (C=O) groups is 1. The monoisotopic (exact) mass is 251 g/mol. The molecule has 0 aliphatic heterocycles. The van der Waals surface area contributed by atoms with Crippen molar-refractivity contribution >= 4 is 11.6 Å². The molecule has 0 radical (unpaired) electrons. The Morgan fingerprint density at radius 2 is 1.74 bits per heavy atom. The van der Waals surface area contributed by atoms with Crippen LogP contribution in [0, 0.1) is 11.3 Å². The Morgan fingerprint density at radius 1 is 1.11 bits per heavy atom. The summed E-state index contributed by atoms with van der Waals surface area (Å²) in [5.41, 5.74) is 7.52. The van der Waals surface area contributed by atoms with Crippen LogP contribution in [0.3, 0.4) is 0 Å². The van der Waals surface area contributed by atoms with Crippen molar-refractivity contribution in [2.45, 2.75) is 6.04 Å². The maximum absolute atomic E-state index is 11.6. The Hall–Kier alpha value is -2.80. The zero-order chi connectivity index (χ0) is 13.7. The first-order chi connectivity index (χ1) is 9.20. The fourth-order valence-electron chi connectivity index (χ4n) is 1.77. The zero-order valence-corrected chi connectivity index (χ0v) is 10.2. The molecule has 0 aliphatic rings. The van der Waals surface area contributed by atoms with Crippen molar-refractivity contribution in [3.8, 4) is 6.07 Å². The van der Waals surface area contributed by atoms with Gasteiger partial charge in [-0.25, -0.2) is 0 Å². The second kappa shape index (κ2) is 5.69. The molecule has 0 saturated heterocycles. The highest BCUT2D eigenvalue weighted by Crippen LogP contribution is 2.19. The highest BCUT2D eigenvalue weighted by molar-refractivity contribution is 5.84. The smallest absolute Gasteiger partial charge is 0.244 e. The lowest BCUT2D eigenvalue weighted by Gasteiger charge is -2.17. The zero-order valence-electron chi connectivity index (χ0n) is 10.2. The van der Waals surface area contributed by atoms with Gasteiger partial charge in [0.05, 0.1) is 11.6 Å². The van der Waals surface area contributed by atoms with E-state index >= 15 is 0 Å². The number of nitrogens with two attached hydrogens (primary N) is 1. The maximum Gasteiger partial charge on any atom is 0.244 e. The first-order valence-electron chi connectivity index (χ1n) is 5.81. The summed E-state index contributed by atoms with van der Waals surface area (Å²) in [6.45, 7) is 0. The molecule has 0 aliphatic carbocycles. The predicted octanol–water partition coefficient (Wildman–Crippen LogP) is 2.20. The largest absolute Gasteiger partial charge is 0.370 e. The first-order valence-corrected chi connectivity index (χ1v) is 5.81. The standard InChI is InChI=1S/C15H13N3O/c16-10-11-6-8-12(9-7-11)14(15(17)19)18-13-4-2-1-3-5-13/h1-9,14,18H,(H2,17,19). The van der Waals surface area contributed by atoms with E-state index in [-0.39, 0.29) is 0 Å². The van der Waals surface area contributed by atoms with E-state index in [1.807, 2.05) is 36.4 Å². The average molecular weight is 251 g/mol. The molecule has 2 rings (SSSR count). The van der Waals surface area contributed by atoms with Crippen LogP contribution in [0.2, 0.25) is 0 Å². The van der Waals surface area contributed by atoms with Crippen LogP contribution in [-0.4, -0.2) is 5.91 Å². The number of carbonyl (C=O) groups excluding carboxylic acids is 1. The lowest BCUT2D eigenvalue weighted by molar-refractivity contribution is -0.118. The third-order valence-corrected chi connectivity index (χ3v) is 2.74. The van der Waals surface area contributed by atoms with E-state index in [4.69, 9.17) is 11.0 Å². The van der Waals surface area contributed by atoms with Gasteiger partial charge in [0, 0.05) is 5.69 Å². The lowest BCUT2D eigenvalue weighted by atomic mass is 10.0. The van der Waals surface area contributed by atoms with Crippen LogP contribution in [0.25, 0.3) is 0 Å². The topological polar surface area (TPSA) is 78.9 Å². The van der Waals surface area contributed by atoms with Crippen LogP contribution in [0.15, 0.2) is 54.6 Å². The fourth-order valence-corrected chi connectivity index (χ4v) is 1.77. The van der Waals surface area contributed by atoms with Gasteiger partial charge >= 0.3 is 0 Å². The molecule has 4 heteroatoms. The third kappa shape index (κ3) is 3.11. The number of benzene rings is 2. The van der Waals surface area contributed by atoms with Gasteiger partial charge in [0.2, 0.25) is 5.91 Å². The summed E-state index contributed by atoms with van der Waals surface area (Å²) in [6.07, 6.45) is 0. The van der Waals surface area contributed by atoms with Crippen molar-refractivity contribution < 1.29 is 4.79 Å². The number of para-hydroxylation sites is 1. The number of hydrogen-bond donors (Lipinski definition) is 2. The molecule has 1 unspecified atom stereocenters.